The monoisotopic (exact) mass is 503 g/mol. The first-order chi connectivity index (χ1) is 16.9. The summed E-state index contributed by atoms with van der Waals surface area (Å²) in [7, 11) is 0. The number of anilines is 1. The van der Waals surface area contributed by atoms with Crippen LogP contribution in [0.2, 0.25) is 0 Å². The molecule has 3 heterocycles. The lowest BCUT2D eigenvalue weighted by Gasteiger charge is -2.43. The SMILES string of the molecule is Cc1ccc(C)c(NC(=O)[C@H](SC(=S)N2C[C@H]3C[C@@H](C2)c2cccc(=O)n2C3)c2ccccc2)c1. The molecule has 2 aliphatic heterocycles. The van der Waals surface area contributed by atoms with Crippen molar-refractivity contribution in [3.8, 4) is 0 Å². The summed E-state index contributed by atoms with van der Waals surface area (Å²) in [6, 6.07) is 21.5. The normalized spacial score (nSPS) is 19.5. The minimum atomic E-state index is -0.458. The molecule has 1 aromatic heterocycles. The molecule has 3 aromatic rings. The zero-order valence-corrected chi connectivity index (χ0v) is 21.6. The Bertz CT molecular complexity index is 1320. The lowest BCUT2D eigenvalue weighted by Crippen LogP contribution is -2.48. The highest BCUT2D eigenvalue weighted by Crippen LogP contribution is 2.39. The molecular weight excluding hydrogens is 474 g/mol. The van der Waals surface area contributed by atoms with E-state index < -0.39 is 5.25 Å². The van der Waals surface area contributed by atoms with Crippen molar-refractivity contribution < 1.29 is 4.79 Å². The standard InChI is InChI=1S/C28H29N3O2S2/c1-18-11-12-19(2)23(13-18)29-27(33)26(21-7-4-3-5-8-21)35-28(34)30-15-20-14-22(17-30)24-9-6-10-25(32)31(24)16-20/h3-13,20,22,26H,14-17H2,1-2H3,(H,29,33)/t20-,22+,26-/m1/s1. The van der Waals surface area contributed by atoms with Crippen LogP contribution in [0.3, 0.4) is 0 Å². The summed E-state index contributed by atoms with van der Waals surface area (Å²) < 4.78 is 2.66. The van der Waals surface area contributed by atoms with E-state index in [1.165, 1.54) is 11.8 Å². The molecule has 35 heavy (non-hydrogen) atoms. The van der Waals surface area contributed by atoms with Crippen LogP contribution in [-0.2, 0) is 11.3 Å². The van der Waals surface area contributed by atoms with Gasteiger partial charge in [-0.3, -0.25) is 9.59 Å². The fraction of sp³-hybridized carbons (Fsp3) is 0.321. The molecule has 3 atom stereocenters. The Morgan fingerprint density at radius 1 is 1.03 bits per heavy atom. The van der Waals surface area contributed by atoms with Gasteiger partial charge >= 0.3 is 0 Å². The quantitative estimate of drug-likeness (QED) is 0.491. The first kappa shape index (κ1) is 23.8. The van der Waals surface area contributed by atoms with Crippen molar-refractivity contribution in [2.75, 3.05) is 18.4 Å². The van der Waals surface area contributed by atoms with Gasteiger partial charge in [-0.2, -0.15) is 0 Å². The molecule has 5 nitrogen and oxygen atoms in total. The van der Waals surface area contributed by atoms with E-state index >= 15 is 0 Å². The number of amides is 1. The van der Waals surface area contributed by atoms with Crippen LogP contribution in [0.4, 0.5) is 5.69 Å². The molecule has 180 valence electrons. The van der Waals surface area contributed by atoms with Crippen molar-refractivity contribution >= 4 is 39.9 Å². The summed E-state index contributed by atoms with van der Waals surface area (Å²) in [5.74, 6) is 0.569. The maximum absolute atomic E-state index is 13.5. The fourth-order valence-corrected chi connectivity index (χ4v) is 6.59. The Hall–Kier alpha value is -2.90. The molecule has 0 aliphatic carbocycles. The fourth-order valence-electron chi connectivity index (χ4n) is 5.19. The molecule has 1 amide bonds. The van der Waals surface area contributed by atoms with Crippen molar-refractivity contribution in [1.29, 1.82) is 0 Å². The topological polar surface area (TPSA) is 54.3 Å². The first-order valence-corrected chi connectivity index (χ1v) is 13.3. The molecule has 0 unspecified atom stereocenters. The minimum absolute atomic E-state index is 0.0775. The average molecular weight is 504 g/mol. The largest absolute Gasteiger partial charge is 0.356 e. The minimum Gasteiger partial charge on any atom is -0.356 e. The van der Waals surface area contributed by atoms with Gasteiger partial charge in [0, 0.05) is 43.0 Å². The molecule has 0 spiro atoms. The van der Waals surface area contributed by atoms with Gasteiger partial charge in [0.1, 0.15) is 9.57 Å². The Balaban J connectivity index is 1.36. The Morgan fingerprint density at radius 3 is 2.63 bits per heavy atom. The van der Waals surface area contributed by atoms with Crippen molar-refractivity contribution in [3.63, 3.8) is 0 Å². The van der Waals surface area contributed by atoms with E-state index in [2.05, 4.69) is 16.3 Å². The Morgan fingerprint density at radius 2 is 1.83 bits per heavy atom. The van der Waals surface area contributed by atoms with Gasteiger partial charge in [-0.15, -0.1) is 0 Å². The Labute approximate surface area is 215 Å². The van der Waals surface area contributed by atoms with E-state index in [9.17, 15) is 9.59 Å². The van der Waals surface area contributed by atoms with E-state index in [-0.39, 0.29) is 17.4 Å². The zero-order chi connectivity index (χ0) is 24.5. The number of aryl methyl sites for hydroxylation is 2. The second-order valence-corrected chi connectivity index (χ2v) is 11.3. The summed E-state index contributed by atoms with van der Waals surface area (Å²) >= 11 is 7.36. The number of pyridine rings is 1. The molecule has 2 aromatic carbocycles. The number of hydrogen-bond donors (Lipinski definition) is 1. The number of aromatic nitrogens is 1. The molecule has 1 fully saturated rings. The smallest absolute Gasteiger partial charge is 0.250 e. The second kappa shape index (κ2) is 9.99. The van der Waals surface area contributed by atoms with Gasteiger partial charge in [-0.25, -0.2) is 0 Å². The van der Waals surface area contributed by atoms with E-state index in [4.69, 9.17) is 12.2 Å². The number of rotatable bonds is 4. The maximum Gasteiger partial charge on any atom is 0.250 e. The number of thioether (sulfide) groups is 1. The van der Waals surface area contributed by atoms with Gasteiger partial charge < -0.3 is 14.8 Å². The average Bonchev–Trinajstić information content (AvgIpc) is 2.85. The molecule has 2 bridgehead atoms. The molecule has 2 aliphatic rings. The number of thiocarbonyl (C=S) groups is 1. The molecule has 0 saturated carbocycles. The van der Waals surface area contributed by atoms with Crippen LogP contribution in [0.1, 0.15) is 40.0 Å². The van der Waals surface area contributed by atoms with Crippen LogP contribution in [0.25, 0.3) is 0 Å². The van der Waals surface area contributed by atoms with Crippen molar-refractivity contribution in [1.82, 2.24) is 9.47 Å². The number of carbonyl (C=O) groups is 1. The van der Waals surface area contributed by atoms with Gasteiger partial charge in [0.2, 0.25) is 5.91 Å². The first-order valence-electron chi connectivity index (χ1n) is 12.0. The van der Waals surface area contributed by atoms with Gasteiger partial charge in [0.05, 0.1) is 0 Å². The van der Waals surface area contributed by atoms with Gasteiger partial charge in [0.15, 0.2) is 0 Å². The van der Waals surface area contributed by atoms with Crippen LogP contribution < -0.4 is 10.9 Å². The van der Waals surface area contributed by atoms with E-state index in [1.807, 2.05) is 73.0 Å². The summed E-state index contributed by atoms with van der Waals surface area (Å²) in [6.07, 6.45) is 1.07. The maximum atomic E-state index is 13.5. The van der Waals surface area contributed by atoms with Crippen LogP contribution in [0.15, 0.2) is 71.5 Å². The van der Waals surface area contributed by atoms with Gasteiger partial charge in [-0.05, 0) is 55.0 Å². The van der Waals surface area contributed by atoms with E-state index in [0.717, 1.165) is 58.4 Å². The predicted octanol–water partition coefficient (Wildman–Crippen LogP) is 5.28. The third-order valence-electron chi connectivity index (χ3n) is 6.95. The van der Waals surface area contributed by atoms with Crippen LogP contribution in [-0.4, -0.2) is 32.8 Å². The number of likely N-dealkylation sites (tertiary alicyclic amines) is 1. The summed E-state index contributed by atoms with van der Waals surface area (Å²) in [5, 5.41) is 2.68. The zero-order valence-electron chi connectivity index (χ0n) is 19.9. The lowest BCUT2D eigenvalue weighted by atomic mass is 9.83. The van der Waals surface area contributed by atoms with Crippen LogP contribution >= 0.6 is 24.0 Å². The van der Waals surface area contributed by atoms with Gasteiger partial charge in [0.25, 0.3) is 5.56 Å². The number of fused-ring (bicyclic) bond motifs is 4. The van der Waals surface area contributed by atoms with Crippen molar-refractivity contribution in [3.05, 3.63) is 99.5 Å². The predicted molar refractivity (Wildman–Crippen MR) is 147 cm³/mol. The highest BCUT2D eigenvalue weighted by molar-refractivity contribution is 8.23. The molecule has 1 saturated heterocycles. The molecule has 1 N–H and O–H groups in total. The van der Waals surface area contributed by atoms with Gasteiger partial charge in [-0.1, -0.05) is 72.5 Å². The lowest BCUT2D eigenvalue weighted by molar-refractivity contribution is -0.115. The number of nitrogens with zero attached hydrogens (tertiary/aromatic N) is 2. The number of piperidine rings is 1. The number of carbonyl (C=O) groups excluding carboxylic acids is 1. The van der Waals surface area contributed by atoms with Crippen molar-refractivity contribution in [2.24, 2.45) is 5.92 Å². The third kappa shape index (κ3) is 5.07. The summed E-state index contributed by atoms with van der Waals surface area (Å²) in [6.45, 7) is 6.33. The molecule has 0 radical (unpaired) electrons. The second-order valence-electron chi connectivity index (χ2n) is 9.59. The highest BCUT2D eigenvalue weighted by Gasteiger charge is 2.36. The highest BCUT2D eigenvalue weighted by atomic mass is 32.2. The third-order valence-corrected chi connectivity index (χ3v) is 8.68. The molecule has 5 rings (SSSR count). The molecular formula is C28H29N3O2S2. The van der Waals surface area contributed by atoms with E-state index in [0.29, 0.717) is 5.92 Å². The summed E-state index contributed by atoms with van der Waals surface area (Å²) in [5.41, 5.74) is 5.06. The number of nitrogens with one attached hydrogen (secondary N) is 1. The summed E-state index contributed by atoms with van der Waals surface area (Å²) in [4.78, 5) is 28.1. The van der Waals surface area contributed by atoms with Crippen molar-refractivity contribution in [2.45, 2.75) is 38.0 Å². The van der Waals surface area contributed by atoms with Crippen LogP contribution in [0.5, 0.6) is 0 Å². The van der Waals surface area contributed by atoms with Crippen LogP contribution in [0, 0.1) is 19.8 Å². The number of benzene rings is 2. The Kier molecular flexibility index (Phi) is 6.80. The number of hydrogen-bond acceptors (Lipinski definition) is 4. The van der Waals surface area contributed by atoms with E-state index in [1.54, 1.807) is 6.07 Å². The molecule has 7 heteroatoms.